The minimum atomic E-state index is -1.60. The summed E-state index contributed by atoms with van der Waals surface area (Å²) in [4.78, 5) is 37.4. The Kier molecular flexibility index (Phi) is 8.90. The molecule has 0 spiro atoms. The number of aliphatic hydroxyl groups excluding tert-OH is 2. The van der Waals surface area contributed by atoms with Crippen molar-refractivity contribution < 1.29 is 38.8 Å². The third kappa shape index (κ3) is 6.74. The van der Waals surface area contributed by atoms with Crippen LogP contribution < -0.4 is 0 Å². The molecule has 0 aliphatic heterocycles. The Morgan fingerprint density at radius 3 is 1.50 bits per heavy atom. The van der Waals surface area contributed by atoms with Crippen molar-refractivity contribution in [2.75, 3.05) is 13.2 Å². The Labute approximate surface area is 196 Å². The van der Waals surface area contributed by atoms with Crippen LogP contribution >= 0.6 is 0 Å². The smallest absolute Gasteiger partial charge is 0.338 e. The number of esters is 3. The van der Waals surface area contributed by atoms with Crippen molar-refractivity contribution in [3.63, 3.8) is 0 Å². The summed E-state index contributed by atoms with van der Waals surface area (Å²) in [5, 5.41) is 20.6. The van der Waals surface area contributed by atoms with Crippen molar-refractivity contribution in [2.45, 2.75) is 18.3 Å². The zero-order chi connectivity index (χ0) is 24.3. The van der Waals surface area contributed by atoms with Crippen LogP contribution in [0.4, 0.5) is 0 Å². The van der Waals surface area contributed by atoms with Crippen molar-refractivity contribution in [1.29, 1.82) is 0 Å². The summed E-state index contributed by atoms with van der Waals surface area (Å²) < 4.78 is 15.9. The number of hydrogen-bond donors (Lipinski definition) is 2. The Bertz CT molecular complexity index is 1070. The third-order valence-electron chi connectivity index (χ3n) is 4.84. The summed E-state index contributed by atoms with van der Waals surface area (Å²) in [6, 6.07) is 24.1. The number of benzene rings is 3. The summed E-state index contributed by atoms with van der Waals surface area (Å²) >= 11 is 0. The number of ether oxygens (including phenoxy) is 3. The number of carbonyl (C=O) groups is 3. The molecule has 8 nitrogen and oxygen atoms in total. The van der Waals surface area contributed by atoms with E-state index in [1.54, 1.807) is 66.7 Å². The molecule has 0 aromatic heterocycles. The second-order valence-corrected chi connectivity index (χ2v) is 7.26. The highest BCUT2D eigenvalue weighted by Crippen LogP contribution is 2.16. The zero-order valence-corrected chi connectivity index (χ0v) is 18.2. The van der Waals surface area contributed by atoms with Gasteiger partial charge in [0.15, 0.2) is 12.2 Å². The summed E-state index contributed by atoms with van der Waals surface area (Å²) in [5.41, 5.74) is 0.660. The third-order valence-corrected chi connectivity index (χ3v) is 4.84. The molecule has 3 rings (SSSR count). The van der Waals surface area contributed by atoms with Crippen LogP contribution in [0.2, 0.25) is 0 Å². The molecule has 0 amide bonds. The molecule has 34 heavy (non-hydrogen) atoms. The Morgan fingerprint density at radius 2 is 1.06 bits per heavy atom. The van der Waals surface area contributed by atoms with E-state index < -0.39 is 49.4 Å². The van der Waals surface area contributed by atoms with Gasteiger partial charge in [-0.3, -0.25) is 0 Å². The minimum absolute atomic E-state index is 0.187. The lowest BCUT2D eigenvalue weighted by molar-refractivity contribution is -0.106. The summed E-state index contributed by atoms with van der Waals surface area (Å²) in [6.45, 7) is -1.32. The normalized spacial score (nSPS) is 13.2. The molecule has 8 heteroatoms. The highest BCUT2D eigenvalue weighted by Gasteiger charge is 2.36. The molecule has 3 aromatic carbocycles. The van der Waals surface area contributed by atoms with Gasteiger partial charge >= 0.3 is 17.9 Å². The predicted octanol–water partition coefficient (Wildman–Crippen LogP) is 2.65. The fourth-order valence-corrected chi connectivity index (χ4v) is 3.07. The van der Waals surface area contributed by atoms with Crippen LogP contribution in [0.25, 0.3) is 0 Å². The van der Waals surface area contributed by atoms with Gasteiger partial charge in [0, 0.05) is 0 Å². The maximum Gasteiger partial charge on any atom is 0.338 e. The molecule has 2 N–H and O–H groups in total. The maximum atomic E-state index is 12.6. The van der Waals surface area contributed by atoms with E-state index in [0.29, 0.717) is 0 Å². The fourth-order valence-electron chi connectivity index (χ4n) is 3.07. The van der Waals surface area contributed by atoms with Crippen molar-refractivity contribution in [3.05, 3.63) is 108 Å². The largest absolute Gasteiger partial charge is 0.459 e. The van der Waals surface area contributed by atoms with Crippen molar-refractivity contribution in [3.8, 4) is 0 Å². The van der Waals surface area contributed by atoms with Gasteiger partial charge in [0.2, 0.25) is 0 Å². The molecule has 3 atom stereocenters. The molecule has 0 radical (unpaired) electrons. The molecule has 3 aromatic rings. The van der Waals surface area contributed by atoms with Gasteiger partial charge in [-0.2, -0.15) is 0 Å². The van der Waals surface area contributed by atoms with E-state index in [9.17, 15) is 24.6 Å². The van der Waals surface area contributed by atoms with Crippen LogP contribution in [0, 0.1) is 0 Å². The van der Waals surface area contributed by atoms with Gasteiger partial charge < -0.3 is 24.4 Å². The van der Waals surface area contributed by atoms with Gasteiger partial charge in [0.1, 0.15) is 12.7 Å². The Balaban J connectivity index is 1.76. The first-order valence-electron chi connectivity index (χ1n) is 10.5. The molecule has 0 unspecified atom stereocenters. The fraction of sp³-hybridized carbons (Fsp3) is 0.192. The standard InChI is InChI=1S/C26H24O8/c27-16-22(33-25(30)19-12-6-2-7-13-19)23(34-26(31)20-14-8-3-9-15-20)21(28)17-32-24(29)18-10-4-1-5-11-18/h1-15,21-23,27-28H,16-17H2/t21-,22-,23-/m0/s1. The van der Waals surface area contributed by atoms with Crippen LogP contribution in [0.15, 0.2) is 91.0 Å². The van der Waals surface area contributed by atoms with Crippen LogP contribution in [0.5, 0.6) is 0 Å². The van der Waals surface area contributed by atoms with Crippen LogP contribution in [0.3, 0.4) is 0 Å². The van der Waals surface area contributed by atoms with E-state index >= 15 is 0 Å². The molecule has 0 fully saturated rings. The monoisotopic (exact) mass is 464 g/mol. The average Bonchev–Trinajstić information content (AvgIpc) is 2.90. The maximum absolute atomic E-state index is 12.6. The predicted molar refractivity (Wildman–Crippen MR) is 121 cm³/mol. The van der Waals surface area contributed by atoms with Crippen LogP contribution in [0.1, 0.15) is 31.1 Å². The quantitative estimate of drug-likeness (QED) is 0.347. The van der Waals surface area contributed by atoms with Gasteiger partial charge in [-0.25, -0.2) is 14.4 Å². The first-order valence-corrected chi connectivity index (χ1v) is 10.5. The van der Waals surface area contributed by atoms with Gasteiger partial charge in [0.05, 0.1) is 23.3 Å². The van der Waals surface area contributed by atoms with Gasteiger partial charge in [-0.15, -0.1) is 0 Å². The summed E-state index contributed by atoms with van der Waals surface area (Å²) in [5.74, 6) is -2.29. The number of rotatable bonds is 10. The summed E-state index contributed by atoms with van der Waals surface area (Å²) in [7, 11) is 0. The average molecular weight is 464 g/mol. The lowest BCUT2D eigenvalue weighted by Crippen LogP contribution is -2.47. The molecule has 0 bridgehead atoms. The number of hydrogen-bond acceptors (Lipinski definition) is 8. The van der Waals surface area contributed by atoms with Gasteiger partial charge in [0.25, 0.3) is 0 Å². The van der Waals surface area contributed by atoms with E-state index in [2.05, 4.69) is 0 Å². The highest BCUT2D eigenvalue weighted by atomic mass is 16.6. The lowest BCUT2D eigenvalue weighted by atomic mass is 10.1. The van der Waals surface area contributed by atoms with Gasteiger partial charge in [-0.05, 0) is 36.4 Å². The molecular weight excluding hydrogens is 440 g/mol. The highest BCUT2D eigenvalue weighted by molar-refractivity contribution is 5.90. The SMILES string of the molecule is O=C(OC[C@H](O)[C@H](OC(=O)c1ccccc1)[C@H](CO)OC(=O)c1ccccc1)c1ccccc1. The van der Waals surface area contributed by atoms with Gasteiger partial charge in [-0.1, -0.05) is 54.6 Å². The van der Waals surface area contributed by atoms with E-state index in [4.69, 9.17) is 14.2 Å². The van der Waals surface area contributed by atoms with E-state index in [0.717, 1.165) is 0 Å². The second-order valence-electron chi connectivity index (χ2n) is 7.26. The number of carbonyl (C=O) groups excluding carboxylic acids is 3. The summed E-state index contributed by atoms with van der Waals surface area (Å²) in [6.07, 6.45) is -4.54. The Morgan fingerprint density at radius 1 is 0.647 bits per heavy atom. The zero-order valence-electron chi connectivity index (χ0n) is 18.2. The van der Waals surface area contributed by atoms with Crippen molar-refractivity contribution >= 4 is 17.9 Å². The number of aliphatic hydroxyl groups is 2. The minimum Gasteiger partial charge on any atom is -0.459 e. The molecule has 0 heterocycles. The molecule has 0 aliphatic carbocycles. The van der Waals surface area contributed by atoms with E-state index in [1.165, 1.54) is 24.3 Å². The van der Waals surface area contributed by atoms with E-state index in [1.807, 2.05) is 0 Å². The second kappa shape index (κ2) is 12.3. The molecule has 176 valence electrons. The molecule has 0 aliphatic rings. The van der Waals surface area contributed by atoms with Crippen LogP contribution in [-0.4, -0.2) is 59.6 Å². The van der Waals surface area contributed by atoms with Crippen molar-refractivity contribution in [1.82, 2.24) is 0 Å². The Hall–Kier alpha value is -4.01. The van der Waals surface area contributed by atoms with Crippen molar-refractivity contribution in [2.24, 2.45) is 0 Å². The first-order chi connectivity index (χ1) is 16.5. The topological polar surface area (TPSA) is 119 Å². The van der Waals surface area contributed by atoms with Crippen LogP contribution in [-0.2, 0) is 14.2 Å². The van der Waals surface area contributed by atoms with E-state index in [-0.39, 0.29) is 16.7 Å². The molecule has 0 saturated carbocycles. The first kappa shape index (κ1) is 24.6. The molecular formula is C26H24O8. The molecule has 0 saturated heterocycles. The lowest BCUT2D eigenvalue weighted by Gasteiger charge is -2.29.